The topological polar surface area (TPSA) is 75.7 Å². The zero-order valence-corrected chi connectivity index (χ0v) is 16.8. The van der Waals surface area contributed by atoms with Gasteiger partial charge in [-0.2, -0.15) is 0 Å². The van der Waals surface area contributed by atoms with Crippen LogP contribution in [0.25, 0.3) is 0 Å². The first-order chi connectivity index (χ1) is 14.0. The predicted molar refractivity (Wildman–Crippen MR) is 111 cm³/mol. The van der Waals surface area contributed by atoms with E-state index >= 15 is 0 Å². The molecule has 0 aromatic heterocycles. The zero-order chi connectivity index (χ0) is 20.8. The van der Waals surface area contributed by atoms with Gasteiger partial charge in [0.15, 0.2) is 0 Å². The predicted octanol–water partition coefficient (Wildman–Crippen LogP) is 3.66. The summed E-state index contributed by atoms with van der Waals surface area (Å²) < 4.78 is 5.08. The van der Waals surface area contributed by atoms with Gasteiger partial charge in [0.25, 0.3) is 11.8 Å². The number of carbonyl (C=O) groups excluding carboxylic acids is 3. The second kappa shape index (κ2) is 9.37. The maximum Gasteiger partial charge on any atom is 0.309 e. The third kappa shape index (κ3) is 5.02. The molecule has 3 rings (SSSR count). The molecule has 2 amide bonds. The van der Waals surface area contributed by atoms with E-state index < -0.39 is 0 Å². The Bertz CT molecular complexity index is 887. The lowest BCUT2D eigenvalue weighted by Crippen LogP contribution is -2.40. The summed E-state index contributed by atoms with van der Waals surface area (Å²) in [6.07, 6.45) is 1.21. The van der Waals surface area contributed by atoms with Crippen molar-refractivity contribution in [1.82, 2.24) is 4.90 Å². The standard InChI is InChI=1S/C23H26N2O4/c1-3-29-23(28)18-11-13-25(14-12-18)22(27)19-10-9-16(2)20(15-19)24-21(26)17-7-5-4-6-8-17/h4-10,15,18H,3,11-14H2,1-2H3,(H,24,26). The fourth-order valence-electron chi connectivity index (χ4n) is 3.43. The fourth-order valence-corrected chi connectivity index (χ4v) is 3.43. The van der Waals surface area contributed by atoms with Crippen molar-refractivity contribution in [2.75, 3.05) is 25.0 Å². The maximum absolute atomic E-state index is 12.9. The molecular weight excluding hydrogens is 368 g/mol. The van der Waals surface area contributed by atoms with Gasteiger partial charge in [-0.05, 0) is 56.5 Å². The SMILES string of the molecule is CCOC(=O)C1CCN(C(=O)c2ccc(C)c(NC(=O)c3ccccc3)c2)CC1. The molecule has 0 atom stereocenters. The molecule has 0 spiro atoms. The highest BCUT2D eigenvalue weighted by Crippen LogP contribution is 2.23. The van der Waals surface area contributed by atoms with Crippen LogP contribution < -0.4 is 5.32 Å². The molecule has 2 aromatic carbocycles. The summed E-state index contributed by atoms with van der Waals surface area (Å²) in [5, 5.41) is 2.89. The number of esters is 1. The van der Waals surface area contributed by atoms with Gasteiger partial charge in [0.1, 0.15) is 0 Å². The molecule has 0 saturated carbocycles. The molecule has 6 heteroatoms. The van der Waals surface area contributed by atoms with E-state index in [1.807, 2.05) is 31.2 Å². The molecule has 1 aliphatic rings. The van der Waals surface area contributed by atoms with Gasteiger partial charge in [-0.15, -0.1) is 0 Å². The van der Waals surface area contributed by atoms with Gasteiger partial charge >= 0.3 is 5.97 Å². The second-order valence-electron chi connectivity index (χ2n) is 7.17. The van der Waals surface area contributed by atoms with Gasteiger partial charge in [-0.3, -0.25) is 14.4 Å². The fraction of sp³-hybridized carbons (Fsp3) is 0.348. The van der Waals surface area contributed by atoms with E-state index in [2.05, 4.69) is 5.32 Å². The smallest absolute Gasteiger partial charge is 0.309 e. The molecule has 0 bridgehead atoms. The average molecular weight is 394 g/mol. The zero-order valence-electron chi connectivity index (χ0n) is 16.8. The number of likely N-dealkylation sites (tertiary alicyclic amines) is 1. The van der Waals surface area contributed by atoms with E-state index in [0.29, 0.717) is 49.4 Å². The molecule has 29 heavy (non-hydrogen) atoms. The highest BCUT2D eigenvalue weighted by Gasteiger charge is 2.28. The van der Waals surface area contributed by atoms with Crippen molar-refractivity contribution in [3.8, 4) is 0 Å². The van der Waals surface area contributed by atoms with E-state index in [-0.39, 0.29) is 23.7 Å². The molecule has 0 aliphatic carbocycles. The normalized spacial score (nSPS) is 14.3. The lowest BCUT2D eigenvalue weighted by atomic mass is 9.96. The molecule has 0 radical (unpaired) electrons. The van der Waals surface area contributed by atoms with Crippen molar-refractivity contribution in [2.24, 2.45) is 5.92 Å². The number of anilines is 1. The number of carbonyl (C=O) groups is 3. The van der Waals surface area contributed by atoms with Gasteiger partial charge in [-0.1, -0.05) is 24.3 Å². The van der Waals surface area contributed by atoms with Crippen LogP contribution in [-0.2, 0) is 9.53 Å². The van der Waals surface area contributed by atoms with Crippen LogP contribution in [-0.4, -0.2) is 42.4 Å². The van der Waals surface area contributed by atoms with Crippen LogP contribution in [0.2, 0.25) is 0 Å². The van der Waals surface area contributed by atoms with Gasteiger partial charge in [0, 0.05) is 29.9 Å². The Morgan fingerprint density at radius 2 is 1.72 bits per heavy atom. The Morgan fingerprint density at radius 3 is 2.38 bits per heavy atom. The highest BCUT2D eigenvalue weighted by molar-refractivity contribution is 6.05. The van der Waals surface area contributed by atoms with Crippen molar-refractivity contribution in [3.63, 3.8) is 0 Å². The number of hydrogen-bond donors (Lipinski definition) is 1. The average Bonchev–Trinajstić information content (AvgIpc) is 2.75. The number of ether oxygens (including phenoxy) is 1. The molecule has 0 unspecified atom stereocenters. The molecular formula is C23H26N2O4. The number of aryl methyl sites for hydroxylation is 1. The molecule has 1 heterocycles. The van der Waals surface area contributed by atoms with Crippen molar-refractivity contribution in [3.05, 3.63) is 65.2 Å². The van der Waals surface area contributed by atoms with Crippen molar-refractivity contribution in [2.45, 2.75) is 26.7 Å². The number of piperidine rings is 1. The maximum atomic E-state index is 12.9. The Labute approximate surface area is 170 Å². The minimum Gasteiger partial charge on any atom is -0.466 e. The van der Waals surface area contributed by atoms with Crippen LogP contribution >= 0.6 is 0 Å². The number of nitrogens with zero attached hydrogens (tertiary/aromatic N) is 1. The van der Waals surface area contributed by atoms with Gasteiger partial charge in [0.05, 0.1) is 12.5 Å². The van der Waals surface area contributed by atoms with Crippen LogP contribution in [0.15, 0.2) is 48.5 Å². The molecule has 2 aromatic rings. The first-order valence-corrected chi connectivity index (χ1v) is 9.92. The van der Waals surface area contributed by atoms with E-state index in [4.69, 9.17) is 4.74 Å². The molecule has 152 valence electrons. The summed E-state index contributed by atoms with van der Waals surface area (Å²) >= 11 is 0. The largest absolute Gasteiger partial charge is 0.466 e. The number of amides is 2. The van der Waals surface area contributed by atoms with Gasteiger partial charge < -0.3 is 15.0 Å². The van der Waals surface area contributed by atoms with E-state index in [9.17, 15) is 14.4 Å². The van der Waals surface area contributed by atoms with E-state index in [1.54, 1.807) is 36.1 Å². The molecule has 1 N–H and O–H groups in total. The minimum absolute atomic E-state index is 0.0949. The molecule has 1 fully saturated rings. The lowest BCUT2D eigenvalue weighted by molar-refractivity contribution is -0.149. The minimum atomic E-state index is -0.214. The molecule has 1 saturated heterocycles. The Balaban J connectivity index is 1.67. The number of nitrogens with one attached hydrogen (secondary N) is 1. The van der Waals surface area contributed by atoms with Crippen LogP contribution in [0.4, 0.5) is 5.69 Å². The first kappa shape index (κ1) is 20.6. The monoisotopic (exact) mass is 394 g/mol. The van der Waals surface area contributed by atoms with Crippen LogP contribution in [0.5, 0.6) is 0 Å². The van der Waals surface area contributed by atoms with Crippen molar-refractivity contribution in [1.29, 1.82) is 0 Å². The van der Waals surface area contributed by atoms with Crippen molar-refractivity contribution < 1.29 is 19.1 Å². The molecule has 1 aliphatic heterocycles. The summed E-state index contributed by atoms with van der Waals surface area (Å²) in [7, 11) is 0. The highest BCUT2D eigenvalue weighted by atomic mass is 16.5. The second-order valence-corrected chi connectivity index (χ2v) is 7.17. The van der Waals surface area contributed by atoms with Crippen molar-refractivity contribution >= 4 is 23.5 Å². The van der Waals surface area contributed by atoms with Crippen LogP contribution in [0.1, 0.15) is 46.0 Å². The van der Waals surface area contributed by atoms with Crippen LogP contribution in [0.3, 0.4) is 0 Å². The van der Waals surface area contributed by atoms with Gasteiger partial charge in [-0.25, -0.2) is 0 Å². The summed E-state index contributed by atoms with van der Waals surface area (Å²) in [5.74, 6) is -0.630. The Morgan fingerprint density at radius 1 is 1.03 bits per heavy atom. The third-order valence-electron chi connectivity index (χ3n) is 5.17. The number of rotatable bonds is 5. The lowest BCUT2D eigenvalue weighted by Gasteiger charge is -2.31. The van der Waals surface area contributed by atoms with Gasteiger partial charge in [0.2, 0.25) is 0 Å². The quantitative estimate of drug-likeness (QED) is 0.785. The van der Waals surface area contributed by atoms with E-state index in [1.165, 1.54) is 0 Å². The first-order valence-electron chi connectivity index (χ1n) is 9.92. The summed E-state index contributed by atoms with van der Waals surface area (Å²) in [5.41, 5.74) is 2.58. The summed E-state index contributed by atoms with van der Waals surface area (Å²) in [6, 6.07) is 14.3. The Kier molecular flexibility index (Phi) is 6.65. The Hall–Kier alpha value is -3.15. The molecule has 6 nitrogen and oxygen atoms in total. The summed E-state index contributed by atoms with van der Waals surface area (Å²) in [4.78, 5) is 39.0. The summed E-state index contributed by atoms with van der Waals surface area (Å²) in [6.45, 7) is 5.09. The number of hydrogen-bond acceptors (Lipinski definition) is 4. The number of benzene rings is 2. The van der Waals surface area contributed by atoms with E-state index in [0.717, 1.165) is 5.56 Å². The van der Waals surface area contributed by atoms with Crippen LogP contribution in [0, 0.1) is 12.8 Å². The third-order valence-corrected chi connectivity index (χ3v) is 5.17.